The second-order valence-electron chi connectivity index (χ2n) is 8.75. The lowest BCUT2D eigenvalue weighted by atomic mass is 9.98. The lowest BCUT2D eigenvalue weighted by Gasteiger charge is -2.04. The molecule has 8 heteroatoms. The minimum Gasteiger partial charge on any atom is -0.292 e. The zero-order chi connectivity index (χ0) is 30.9. The van der Waals surface area contributed by atoms with Gasteiger partial charge < -0.3 is 0 Å². The van der Waals surface area contributed by atoms with Gasteiger partial charge in [0.2, 0.25) is 0 Å². The summed E-state index contributed by atoms with van der Waals surface area (Å²) in [5.74, 6) is 0. The van der Waals surface area contributed by atoms with Gasteiger partial charge in [0.1, 0.15) is 0 Å². The lowest BCUT2D eigenvalue weighted by molar-refractivity contribution is 1.24. The van der Waals surface area contributed by atoms with Crippen molar-refractivity contribution in [2.75, 3.05) is 0 Å². The maximum Gasteiger partial charge on any atom is 0.333 e. The minimum absolute atomic E-state index is 0.172. The van der Waals surface area contributed by atoms with E-state index >= 15 is 0 Å². The standard InChI is InChI=1S/C35H14N8/c1-40-28(18-36)32-22-12-8-9-13-23(22)33(29(19-37)41-2)26(32)16-6-5-7-17-27-34(30(20-38)42-3)24-14-10-11-15-25(24)35(27)31(21-39)43-4/h5-17,28H/b7-5+,16-6+,33-29+,34-30-,35-31-. The van der Waals surface area contributed by atoms with Gasteiger partial charge in [-0.3, -0.25) is 4.85 Å². The van der Waals surface area contributed by atoms with Gasteiger partial charge in [-0.15, -0.1) is 0 Å². The number of benzene rings is 2. The molecule has 0 N–H and O–H groups in total. The first-order chi connectivity index (χ1) is 21.0. The van der Waals surface area contributed by atoms with Crippen LogP contribution in [0.5, 0.6) is 0 Å². The summed E-state index contributed by atoms with van der Waals surface area (Å²) < 4.78 is 0. The summed E-state index contributed by atoms with van der Waals surface area (Å²) >= 11 is 0. The Kier molecular flexibility index (Phi) is 8.36. The highest BCUT2D eigenvalue weighted by molar-refractivity contribution is 6.11. The SMILES string of the molecule is [C-]#[N+]/C(C#N)=C1/C(/C=C/C=C/C=C2C(=C(/C#N)[N+]#[C-])/c3ccccc3/C2=C(\C#N)[N+]#[C-])=C(C(C#N)[N+]#[C-])c2ccccc21. The summed E-state index contributed by atoms with van der Waals surface area (Å²) in [7, 11) is 0. The molecule has 8 nitrogen and oxygen atoms in total. The fourth-order valence-electron chi connectivity index (χ4n) is 5.03. The molecule has 0 aliphatic heterocycles. The Labute approximate surface area is 248 Å². The Morgan fingerprint density at radius 3 is 1.53 bits per heavy atom. The van der Waals surface area contributed by atoms with Gasteiger partial charge in [-0.25, -0.2) is 36.9 Å². The maximum absolute atomic E-state index is 9.71. The van der Waals surface area contributed by atoms with Gasteiger partial charge in [0, 0.05) is 16.7 Å². The van der Waals surface area contributed by atoms with E-state index in [-0.39, 0.29) is 17.1 Å². The van der Waals surface area contributed by atoms with Crippen molar-refractivity contribution in [3.63, 3.8) is 0 Å². The van der Waals surface area contributed by atoms with Crippen LogP contribution in [0.15, 0.2) is 107 Å². The average Bonchev–Trinajstić information content (AvgIpc) is 3.53. The minimum atomic E-state index is -1.16. The third-order valence-electron chi connectivity index (χ3n) is 6.69. The molecule has 2 aromatic rings. The summed E-state index contributed by atoms with van der Waals surface area (Å²) in [5, 5.41) is 38.8. The van der Waals surface area contributed by atoms with Crippen LogP contribution in [0.2, 0.25) is 0 Å². The predicted octanol–water partition coefficient (Wildman–Crippen LogP) is 7.48. The third-order valence-corrected chi connectivity index (χ3v) is 6.69. The van der Waals surface area contributed by atoms with Crippen molar-refractivity contribution < 1.29 is 0 Å². The zero-order valence-electron chi connectivity index (χ0n) is 22.2. The van der Waals surface area contributed by atoms with Gasteiger partial charge in [-0.1, -0.05) is 78.9 Å². The van der Waals surface area contributed by atoms with Crippen LogP contribution < -0.4 is 0 Å². The molecule has 0 aromatic heterocycles. The average molecular weight is 547 g/mol. The summed E-state index contributed by atoms with van der Waals surface area (Å²) in [5.41, 5.74) is 3.92. The molecule has 2 aromatic carbocycles. The molecular weight excluding hydrogens is 532 g/mol. The van der Waals surface area contributed by atoms with Gasteiger partial charge in [0.25, 0.3) is 17.1 Å². The number of allylic oxidation sites excluding steroid dienone is 13. The first-order valence-corrected chi connectivity index (χ1v) is 12.4. The van der Waals surface area contributed by atoms with Crippen LogP contribution in [-0.4, -0.2) is 6.04 Å². The van der Waals surface area contributed by atoms with Crippen LogP contribution in [0.4, 0.5) is 0 Å². The molecule has 0 fully saturated rings. The molecule has 0 heterocycles. The van der Waals surface area contributed by atoms with Gasteiger partial charge in [0.05, 0.1) is 43.5 Å². The van der Waals surface area contributed by atoms with E-state index < -0.39 is 6.04 Å². The molecule has 4 rings (SSSR count). The number of hydrogen-bond donors (Lipinski definition) is 0. The molecule has 0 radical (unpaired) electrons. The number of nitrogens with zero attached hydrogens (tertiary/aromatic N) is 8. The summed E-state index contributed by atoms with van der Waals surface area (Å²) in [6.07, 6.45) is 8.07. The van der Waals surface area contributed by atoms with Crippen LogP contribution in [0.1, 0.15) is 22.3 Å². The molecule has 0 saturated heterocycles. The van der Waals surface area contributed by atoms with Crippen molar-refractivity contribution in [2.24, 2.45) is 0 Å². The fraction of sp³-hybridized carbons (Fsp3) is 0.0286. The molecule has 43 heavy (non-hydrogen) atoms. The molecular formula is C35H14N8. The maximum atomic E-state index is 9.71. The molecule has 2 aliphatic rings. The van der Waals surface area contributed by atoms with Crippen LogP contribution in [0, 0.1) is 71.6 Å². The monoisotopic (exact) mass is 546 g/mol. The van der Waals surface area contributed by atoms with E-state index in [1.54, 1.807) is 78.9 Å². The highest BCUT2D eigenvalue weighted by atomic mass is 14.7. The van der Waals surface area contributed by atoms with E-state index in [1.165, 1.54) is 0 Å². The van der Waals surface area contributed by atoms with Crippen LogP contribution >= 0.6 is 0 Å². The molecule has 0 spiro atoms. The Morgan fingerprint density at radius 1 is 0.628 bits per heavy atom. The quantitative estimate of drug-likeness (QED) is 0.225. The number of nitriles is 4. The lowest BCUT2D eigenvalue weighted by Crippen LogP contribution is -2.02. The number of rotatable bonds is 4. The molecule has 0 bridgehead atoms. The van der Waals surface area contributed by atoms with Gasteiger partial charge >= 0.3 is 6.04 Å². The van der Waals surface area contributed by atoms with E-state index in [4.69, 9.17) is 26.3 Å². The third kappa shape index (κ3) is 4.88. The van der Waals surface area contributed by atoms with E-state index in [0.29, 0.717) is 55.7 Å². The molecule has 194 valence electrons. The van der Waals surface area contributed by atoms with E-state index in [9.17, 15) is 21.0 Å². The smallest absolute Gasteiger partial charge is 0.292 e. The second kappa shape index (κ2) is 12.6. The van der Waals surface area contributed by atoms with E-state index in [1.807, 2.05) is 24.3 Å². The summed E-state index contributed by atoms with van der Waals surface area (Å²) in [4.78, 5) is 13.6. The largest absolute Gasteiger partial charge is 0.333 e. The Morgan fingerprint density at radius 2 is 1.09 bits per heavy atom. The zero-order valence-corrected chi connectivity index (χ0v) is 22.2. The Bertz CT molecular complexity index is 2020. The molecule has 1 atom stereocenters. The highest BCUT2D eigenvalue weighted by Gasteiger charge is 2.35. The van der Waals surface area contributed by atoms with Crippen molar-refractivity contribution >= 4 is 22.3 Å². The molecule has 0 saturated carbocycles. The Hall–Kier alpha value is -7.46. The van der Waals surface area contributed by atoms with Crippen LogP contribution in [0.3, 0.4) is 0 Å². The normalized spacial score (nSPS) is 17.1. The van der Waals surface area contributed by atoms with E-state index in [0.717, 1.165) is 0 Å². The second-order valence-corrected chi connectivity index (χ2v) is 8.75. The first kappa shape index (κ1) is 28.5. The number of fused-ring (bicyclic) bond motifs is 2. The van der Waals surface area contributed by atoms with Gasteiger partial charge in [0.15, 0.2) is 6.07 Å². The van der Waals surface area contributed by atoms with Crippen LogP contribution in [-0.2, 0) is 0 Å². The summed E-state index contributed by atoms with van der Waals surface area (Å²) in [6.45, 7) is 30.2. The summed E-state index contributed by atoms with van der Waals surface area (Å²) in [6, 6.07) is 20.5. The molecule has 1 unspecified atom stereocenters. The van der Waals surface area contributed by atoms with Crippen molar-refractivity contribution in [3.8, 4) is 24.3 Å². The molecule has 2 aliphatic carbocycles. The fourth-order valence-corrected chi connectivity index (χ4v) is 5.03. The first-order valence-electron chi connectivity index (χ1n) is 12.4. The van der Waals surface area contributed by atoms with E-state index in [2.05, 4.69) is 19.4 Å². The highest BCUT2D eigenvalue weighted by Crippen LogP contribution is 2.49. The van der Waals surface area contributed by atoms with Gasteiger partial charge in [-0.05, 0) is 33.4 Å². The van der Waals surface area contributed by atoms with Crippen LogP contribution in [0.25, 0.3) is 41.7 Å². The van der Waals surface area contributed by atoms with Crippen molar-refractivity contribution in [2.45, 2.75) is 6.04 Å². The molecule has 0 amide bonds. The topological polar surface area (TPSA) is 113 Å². The predicted molar refractivity (Wildman–Crippen MR) is 160 cm³/mol. The van der Waals surface area contributed by atoms with Crippen molar-refractivity contribution in [3.05, 3.63) is 175 Å². The Balaban J connectivity index is 1.90. The van der Waals surface area contributed by atoms with Crippen molar-refractivity contribution in [1.29, 1.82) is 21.0 Å². The van der Waals surface area contributed by atoms with Gasteiger partial charge in [-0.2, -0.15) is 5.26 Å². The number of hydrogen-bond acceptors (Lipinski definition) is 4. The van der Waals surface area contributed by atoms with Crippen molar-refractivity contribution in [1.82, 2.24) is 0 Å².